The number of nitrogens with one attached hydrogen (secondary N) is 1. The summed E-state index contributed by atoms with van der Waals surface area (Å²) in [6.45, 7) is 6.57. The van der Waals surface area contributed by atoms with Gasteiger partial charge in [0.2, 0.25) is 12.1 Å². The summed E-state index contributed by atoms with van der Waals surface area (Å²) in [5, 5.41) is 15.5. The molecule has 0 saturated heterocycles. The van der Waals surface area contributed by atoms with E-state index in [0.29, 0.717) is 18.5 Å². The van der Waals surface area contributed by atoms with Gasteiger partial charge in [0.25, 0.3) is 0 Å². The van der Waals surface area contributed by atoms with Crippen molar-refractivity contribution in [2.75, 3.05) is 13.2 Å². The van der Waals surface area contributed by atoms with Crippen molar-refractivity contribution >= 4 is 6.16 Å². The van der Waals surface area contributed by atoms with Crippen LogP contribution in [0.3, 0.4) is 0 Å². The van der Waals surface area contributed by atoms with Gasteiger partial charge in [-0.3, -0.25) is 0 Å². The van der Waals surface area contributed by atoms with E-state index in [1.165, 1.54) is 36.9 Å². The maximum atomic E-state index is 11.3. The average molecular weight is 355 g/mol. The molecule has 1 heterocycles. The van der Waals surface area contributed by atoms with Crippen molar-refractivity contribution in [3.8, 4) is 0 Å². The highest BCUT2D eigenvalue weighted by molar-refractivity contribution is 5.59. The predicted octanol–water partition coefficient (Wildman–Crippen LogP) is 2.19. The minimum absolute atomic E-state index is 0.252. The van der Waals surface area contributed by atoms with Crippen LogP contribution in [0.5, 0.6) is 0 Å². The Labute approximate surface area is 148 Å². The minimum Gasteiger partial charge on any atom is -0.435 e. The number of carbonyl (C=O) groups excluding carboxylic acids is 1. The van der Waals surface area contributed by atoms with Gasteiger partial charge in [-0.05, 0) is 38.8 Å². The largest absolute Gasteiger partial charge is 0.510 e. The Bertz CT molecular complexity index is 518. The first-order valence-corrected chi connectivity index (χ1v) is 9.04. The van der Waals surface area contributed by atoms with Crippen molar-refractivity contribution in [1.29, 1.82) is 0 Å². The highest BCUT2D eigenvalue weighted by Gasteiger charge is 2.17. The van der Waals surface area contributed by atoms with Gasteiger partial charge in [-0.15, -0.1) is 15.0 Å². The van der Waals surface area contributed by atoms with E-state index in [-0.39, 0.29) is 19.3 Å². The molecule has 2 rings (SSSR count). The molecular weight excluding hydrogens is 326 g/mol. The smallest absolute Gasteiger partial charge is 0.435 e. The van der Waals surface area contributed by atoms with E-state index in [1.54, 1.807) is 13.8 Å². The first-order valence-electron chi connectivity index (χ1n) is 9.04. The average Bonchev–Trinajstić information content (AvgIpc) is 3.05. The van der Waals surface area contributed by atoms with Crippen LogP contribution >= 0.6 is 0 Å². The van der Waals surface area contributed by atoms with E-state index in [4.69, 9.17) is 14.2 Å². The van der Waals surface area contributed by atoms with Crippen molar-refractivity contribution in [1.82, 2.24) is 25.5 Å². The number of carbonyl (C=O) groups is 1. The van der Waals surface area contributed by atoms with Crippen LogP contribution in [0.2, 0.25) is 0 Å². The normalized spacial score (nSPS) is 17.9. The van der Waals surface area contributed by atoms with Crippen LogP contribution in [-0.4, -0.2) is 51.7 Å². The van der Waals surface area contributed by atoms with Gasteiger partial charge in [0.15, 0.2) is 0 Å². The monoisotopic (exact) mass is 355 g/mol. The first-order chi connectivity index (χ1) is 12.1. The van der Waals surface area contributed by atoms with Gasteiger partial charge >= 0.3 is 6.16 Å². The molecule has 9 heteroatoms. The minimum atomic E-state index is -0.757. The molecule has 9 nitrogen and oxygen atoms in total. The van der Waals surface area contributed by atoms with E-state index < -0.39 is 12.4 Å². The molecule has 0 spiro atoms. The van der Waals surface area contributed by atoms with Gasteiger partial charge in [0, 0.05) is 12.1 Å². The Morgan fingerprint density at radius 1 is 1.32 bits per heavy atom. The molecular formula is C16H29N5O4. The third kappa shape index (κ3) is 6.95. The number of ether oxygens (including phenoxy) is 3. The van der Waals surface area contributed by atoms with Gasteiger partial charge in [-0.2, -0.15) is 0 Å². The maximum Gasteiger partial charge on any atom is 0.510 e. The van der Waals surface area contributed by atoms with Crippen LogP contribution < -0.4 is 5.32 Å². The lowest BCUT2D eigenvalue weighted by molar-refractivity contribution is -0.00551. The van der Waals surface area contributed by atoms with Crippen LogP contribution in [0.15, 0.2) is 0 Å². The summed E-state index contributed by atoms with van der Waals surface area (Å²) in [6.07, 6.45) is 5.02. The summed E-state index contributed by atoms with van der Waals surface area (Å²) in [5.74, 6) is 0.448. The molecule has 1 saturated carbocycles. The Morgan fingerprint density at radius 2 is 2.08 bits per heavy atom. The van der Waals surface area contributed by atoms with Gasteiger partial charge in [-0.1, -0.05) is 19.3 Å². The molecule has 1 fully saturated rings. The predicted molar refractivity (Wildman–Crippen MR) is 89.8 cm³/mol. The van der Waals surface area contributed by atoms with E-state index in [9.17, 15) is 4.79 Å². The van der Waals surface area contributed by atoms with Crippen molar-refractivity contribution in [2.45, 2.75) is 77.8 Å². The van der Waals surface area contributed by atoms with Crippen molar-refractivity contribution in [3.05, 3.63) is 5.82 Å². The summed E-state index contributed by atoms with van der Waals surface area (Å²) in [5.41, 5.74) is 0. The number of tetrazole rings is 1. The fourth-order valence-corrected chi connectivity index (χ4v) is 2.85. The molecule has 2 atom stereocenters. The molecule has 0 unspecified atom stereocenters. The lowest BCUT2D eigenvalue weighted by Gasteiger charge is -2.26. The second-order valence-electron chi connectivity index (χ2n) is 6.34. The zero-order valence-electron chi connectivity index (χ0n) is 15.3. The van der Waals surface area contributed by atoms with E-state index in [1.807, 2.05) is 0 Å². The van der Waals surface area contributed by atoms with Crippen LogP contribution in [0, 0.1) is 0 Å². The molecule has 1 aromatic heterocycles. The fourth-order valence-electron chi connectivity index (χ4n) is 2.85. The summed E-state index contributed by atoms with van der Waals surface area (Å²) in [7, 11) is 0. The molecule has 1 aliphatic carbocycles. The molecule has 0 amide bonds. The third-order valence-electron chi connectivity index (χ3n) is 4.05. The Hall–Kier alpha value is -1.74. The molecule has 0 bridgehead atoms. The fraction of sp³-hybridized carbons (Fsp3) is 0.875. The molecule has 0 aliphatic heterocycles. The van der Waals surface area contributed by atoms with Crippen LogP contribution in [-0.2, 0) is 20.8 Å². The third-order valence-corrected chi connectivity index (χ3v) is 4.05. The number of nitrogens with zero attached hydrogens (tertiary/aromatic N) is 4. The quantitative estimate of drug-likeness (QED) is 0.673. The maximum absolute atomic E-state index is 11.3. The van der Waals surface area contributed by atoms with Gasteiger partial charge in [0.05, 0.1) is 13.2 Å². The molecule has 1 N–H and O–H groups in total. The lowest BCUT2D eigenvalue weighted by Crippen LogP contribution is -2.40. The Kier molecular flexibility index (Phi) is 8.07. The highest BCUT2D eigenvalue weighted by atomic mass is 16.7. The van der Waals surface area contributed by atoms with Crippen molar-refractivity contribution < 1.29 is 19.0 Å². The molecule has 142 valence electrons. The number of aromatic nitrogens is 4. The zero-order chi connectivity index (χ0) is 18.1. The SMILES string of the molecule is CCOC(=O)O[C@H](C)n1nnc(COC[C@@H](C)NC2CCCCC2)n1. The van der Waals surface area contributed by atoms with Gasteiger partial charge in [-0.25, -0.2) is 4.79 Å². The molecule has 0 aromatic carbocycles. The van der Waals surface area contributed by atoms with Crippen LogP contribution in [0.4, 0.5) is 4.79 Å². The number of hydrogen-bond acceptors (Lipinski definition) is 8. The second kappa shape index (κ2) is 10.3. The molecule has 1 aromatic rings. The summed E-state index contributed by atoms with van der Waals surface area (Å²) in [6, 6.07) is 0.886. The lowest BCUT2D eigenvalue weighted by atomic mass is 9.95. The summed E-state index contributed by atoms with van der Waals surface area (Å²) in [4.78, 5) is 12.5. The molecule has 1 aliphatic rings. The Balaban J connectivity index is 1.67. The Morgan fingerprint density at radius 3 is 2.80 bits per heavy atom. The summed E-state index contributed by atoms with van der Waals surface area (Å²) >= 11 is 0. The van der Waals surface area contributed by atoms with Crippen LogP contribution in [0.25, 0.3) is 0 Å². The van der Waals surface area contributed by atoms with Crippen molar-refractivity contribution in [3.63, 3.8) is 0 Å². The van der Waals surface area contributed by atoms with Gasteiger partial charge < -0.3 is 19.5 Å². The zero-order valence-corrected chi connectivity index (χ0v) is 15.3. The molecule has 25 heavy (non-hydrogen) atoms. The standard InChI is InChI=1S/C16H29N5O4/c1-4-24-16(22)25-13(3)21-19-15(18-20-21)11-23-10-12(2)17-14-8-6-5-7-9-14/h12-14,17H,4-11H2,1-3H3/t12-,13-/m1/s1. The van der Waals surface area contributed by atoms with E-state index in [2.05, 4.69) is 27.7 Å². The van der Waals surface area contributed by atoms with E-state index >= 15 is 0 Å². The highest BCUT2D eigenvalue weighted by Crippen LogP contribution is 2.17. The summed E-state index contributed by atoms with van der Waals surface area (Å²) < 4.78 is 15.4. The van der Waals surface area contributed by atoms with E-state index in [0.717, 1.165) is 0 Å². The van der Waals surface area contributed by atoms with Gasteiger partial charge in [0.1, 0.15) is 6.61 Å². The second-order valence-corrected chi connectivity index (χ2v) is 6.34. The first kappa shape index (κ1) is 19.6. The number of hydrogen-bond donors (Lipinski definition) is 1. The van der Waals surface area contributed by atoms with Crippen molar-refractivity contribution in [2.24, 2.45) is 0 Å². The number of rotatable bonds is 9. The molecule has 0 radical (unpaired) electrons. The van der Waals surface area contributed by atoms with Crippen LogP contribution in [0.1, 0.15) is 64.9 Å². The topological polar surface area (TPSA) is 100 Å².